The summed E-state index contributed by atoms with van der Waals surface area (Å²) in [6, 6.07) is 21.1. The number of nitrogens with zero attached hydrogens (tertiary/aromatic N) is 2. The number of carbonyl (C=O) groups excluding carboxylic acids is 1. The number of ether oxygens (including phenoxy) is 2. The molecule has 0 aliphatic heterocycles. The maximum absolute atomic E-state index is 12.2. The third-order valence-electron chi connectivity index (χ3n) is 4.24. The van der Waals surface area contributed by atoms with Crippen molar-refractivity contribution in [1.29, 1.82) is 0 Å². The molecule has 0 unspecified atom stereocenters. The minimum atomic E-state index is -0.198. The highest BCUT2D eigenvalue weighted by Gasteiger charge is 2.12. The summed E-state index contributed by atoms with van der Waals surface area (Å²) in [5.74, 6) is 1.59. The van der Waals surface area contributed by atoms with E-state index in [2.05, 4.69) is 15.5 Å². The monoisotopic (exact) mass is 421 g/mol. The van der Waals surface area contributed by atoms with Crippen molar-refractivity contribution in [1.82, 2.24) is 10.2 Å². The van der Waals surface area contributed by atoms with Crippen LogP contribution in [-0.2, 0) is 11.4 Å². The molecule has 0 bridgehead atoms. The van der Waals surface area contributed by atoms with Gasteiger partial charge in [-0.05, 0) is 35.0 Å². The molecular formula is C22H19N3O4S. The molecule has 0 aliphatic rings. The second kappa shape index (κ2) is 9.32. The number of hydrogen-bond acceptors (Lipinski definition) is 7. The van der Waals surface area contributed by atoms with Crippen molar-refractivity contribution in [2.45, 2.75) is 11.8 Å². The van der Waals surface area contributed by atoms with E-state index in [0.29, 0.717) is 22.6 Å². The average molecular weight is 421 g/mol. The molecule has 0 spiro atoms. The van der Waals surface area contributed by atoms with Crippen LogP contribution in [0, 0.1) is 0 Å². The lowest BCUT2D eigenvalue weighted by molar-refractivity contribution is -0.113. The molecule has 1 aromatic heterocycles. The zero-order chi connectivity index (χ0) is 20.8. The molecule has 0 saturated heterocycles. The number of hydrogen-bond donors (Lipinski definition) is 1. The van der Waals surface area contributed by atoms with E-state index in [1.165, 1.54) is 0 Å². The van der Waals surface area contributed by atoms with Crippen LogP contribution >= 0.6 is 11.8 Å². The SMILES string of the molecule is COc1ccccc1NC(=O)CSc1nnc(COc2ccc3ccccc3c2)o1. The maximum Gasteiger partial charge on any atom is 0.277 e. The van der Waals surface area contributed by atoms with Gasteiger partial charge in [0, 0.05) is 0 Å². The lowest BCUT2D eigenvalue weighted by Crippen LogP contribution is -2.14. The van der Waals surface area contributed by atoms with E-state index in [-0.39, 0.29) is 18.3 Å². The van der Waals surface area contributed by atoms with E-state index in [1.54, 1.807) is 19.2 Å². The molecule has 0 fully saturated rings. The van der Waals surface area contributed by atoms with Gasteiger partial charge in [-0.15, -0.1) is 10.2 Å². The lowest BCUT2D eigenvalue weighted by Gasteiger charge is -2.08. The van der Waals surface area contributed by atoms with Gasteiger partial charge in [-0.2, -0.15) is 0 Å². The predicted octanol–water partition coefficient (Wildman–Crippen LogP) is 4.54. The molecule has 1 N–H and O–H groups in total. The largest absolute Gasteiger partial charge is 0.495 e. The standard InChI is InChI=1S/C22H19N3O4S/c1-27-19-9-5-4-8-18(19)23-20(26)14-30-22-25-24-21(29-22)13-28-17-11-10-15-6-2-3-7-16(15)12-17/h2-12H,13-14H2,1H3,(H,23,26). The number of methoxy groups -OCH3 is 1. The fourth-order valence-corrected chi connectivity index (χ4v) is 3.40. The highest BCUT2D eigenvalue weighted by atomic mass is 32.2. The van der Waals surface area contributed by atoms with Gasteiger partial charge in [0.2, 0.25) is 5.91 Å². The number of rotatable bonds is 8. The number of aromatic nitrogens is 2. The van der Waals surface area contributed by atoms with Gasteiger partial charge < -0.3 is 19.2 Å². The first-order chi connectivity index (χ1) is 14.7. The summed E-state index contributed by atoms with van der Waals surface area (Å²) < 4.78 is 16.5. The minimum absolute atomic E-state index is 0.130. The summed E-state index contributed by atoms with van der Waals surface area (Å²) >= 11 is 1.16. The van der Waals surface area contributed by atoms with Gasteiger partial charge in [-0.3, -0.25) is 4.79 Å². The number of nitrogens with one attached hydrogen (secondary N) is 1. The summed E-state index contributed by atoms with van der Waals surface area (Å²) in [6.07, 6.45) is 0. The van der Waals surface area contributed by atoms with E-state index < -0.39 is 0 Å². The van der Waals surface area contributed by atoms with Crippen LogP contribution in [-0.4, -0.2) is 29.0 Å². The Morgan fingerprint density at radius 1 is 1.03 bits per heavy atom. The predicted molar refractivity (Wildman–Crippen MR) is 115 cm³/mol. The third kappa shape index (κ3) is 4.90. The molecule has 0 aliphatic carbocycles. The molecule has 8 heteroatoms. The molecule has 0 atom stereocenters. The number of para-hydroxylation sites is 2. The fourth-order valence-electron chi connectivity index (χ4n) is 2.82. The molecule has 0 radical (unpaired) electrons. The van der Waals surface area contributed by atoms with Gasteiger partial charge in [0.15, 0.2) is 6.61 Å². The Balaban J connectivity index is 1.29. The molecule has 1 heterocycles. The van der Waals surface area contributed by atoms with Gasteiger partial charge in [-0.1, -0.05) is 54.2 Å². The molecule has 3 aromatic carbocycles. The normalized spacial score (nSPS) is 10.7. The van der Waals surface area contributed by atoms with Gasteiger partial charge in [0.25, 0.3) is 11.1 Å². The van der Waals surface area contributed by atoms with E-state index in [9.17, 15) is 4.79 Å². The first-order valence-corrected chi connectivity index (χ1v) is 10.2. The molecule has 7 nitrogen and oxygen atoms in total. The summed E-state index contributed by atoms with van der Waals surface area (Å²) in [6.45, 7) is 0.152. The van der Waals surface area contributed by atoms with Crippen LogP contribution in [0.15, 0.2) is 76.4 Å². The summed E-state index contributed by atoms with van der Waals surface area (Å²) in [7, 11) is 1.56. The first-order valence-electron chi connectivity index (χ1n) is 9.21. The van der Waals surface area contributed by atoms with Crippen LogP contribution < -0.4 is 14.8 Å². The van der Waals surface area contributed by atoms with Crippen molar-refractivity contribution in [3.05, 3.63) is 72.6 Å². The number of anilines is 1. The molecule has 1 amide bonds. The van der Waals surface area contributed by atoms with Crippen molar-refractivity contribution < 1.29 is 18.7 Å². The number of benzene rings is 3. The Labute approximate surface area is 177 Å². The van der Waals surface area contributed by atoms with E-state index >= 15 is 0 Å². The quantitative estimate of drug-likeness (QED) is 0.418. The molecule has 152 valence electrons. The Morgan fingerprint density at radius 2 is 1.83 bits per heavy atom. The number of thioether (sulfide) groups is 1. The van der Waals surface area contributed by atoms with Gasteiger partial charge in [0.1, 0.15) is 11.5 Å². The lowest BCUT2D eigenvalue weighted by atomic mass is 10.1. The number of fused-ring (bicyclic) bond motifs is 1. The second-order valence-corrected chi connectivity index (χ2v) is 7.22. The second-order valence-electron chi connectivity index (χ2n) is 6.30. The Kier molecular flexibility index (Phi) is 6.14. The molecular weight excluding hydrogens is 402 g/mol. The van der Waals surface area contributed by atoms with Crippen LogP contribution in [0.2, 0.25) is 0 Å². The summed E-state index contributed by atoms with van der Waals surface area (Å²) in [5.41, 5.74) is 0.612. The molecule has 4 rings (SSSR count). The highest BCUT2D eigenvalue weighted by molar-refractivity contribution is 7.99. The zero-order valence-electron chi connectivity index (χ0n) is 16.2. The Bertz CT molecular complexity index is 1160. The Hall–Kier alpha value is -3.52. The number of carbonyl (C=O) groups is 1. The average Bonchev–Trinajstić information content (AvgIpc) is 3.24. The molecule has 4 aromatic rings. The van der Waals surface area contributed by atoms with Crippen molar-refractivity contribution in [3.63, 3.8) is 0 Å². The van der Waals surface area contributed by atoms with Crippen molar-refractivity contribution >= 4 is 34.1 Å². The molecule has 0 saturated carbocycles. The third-order valence-corrected chi connectivity index (χ3v) is 5.06. The van der Waals surface area contributed by atoms with Gasteiger partial charge in [-0.25, -0.2) is 0 Å². The van der Waals surface area contributed by atoms with Crippen molar-refractivity contribution in [3.8, 4) is 11.5 Å². The Morgan fingerprint density at radius 3 is 2.70 bits per heavy atom. The van der Waals surface area contributed by atoms with Crippen LogP contribution in [0.3, 0.4) is 0 Å². The summed E-state index contributed by atoms with van der Waals surface area (Å²) in [4.78, 5) is 12.2. The van der Waals surface area contributed by atoms with Crippen LogP contribution in [0.5, 0.6) is 11.5 Å². The topological polar surface area (TPSA) is 86.5 Å². The van der Waals surface area contributed by atoms with E-state index in [0.717, 1.165) is 28.3 Å². The maximum atomic E-state index is 12.2. The first kappa shape index (κ1) is 19.8. The fraction of sp³-hybridized carbons (Fsp3) is 0.136. The smallest absolute Gasteiger partial charge is 0.277 e. The highest BCUT2D eigenvalue weighted by Crippen LogP contribution is 2.24. The van der Waals surface area contributed by atoms with Gasteiger partial charge in [0.05, 0.1) is 18.6 Å². The number of amides is 1. The van der Waals surface area contributed by atoms with Crippen molar-refractivity contribution in [2.75, 3.05) is 18.2 Å². The van der Waals surface area contributed by atoms with Crippen LogP contribution in [0.25, 0.3) is 10.8 Å². The van der Waals surface area contributed by atoms with Crippen LogP contribution in [0.1, 0.15) is 5.89 Å². The summed E-state index contributed by atoms with van der Waals surface area (Å²) in [5, 5.41) is 13.3. The van der Waals surface area contributed by atoms with E-state index in [4.69, 9.17) is 13.9 Å². The zero-order valence-corrected chi connectivity index (χ0v) is 17.0. The van der Waals surface area contributed by atoms with Crippen molar-refractivity contribution in [2.24, 2.45) is 0 Å². The van der Waals surface area contributed by atoms with Crippen LogP contribution in [0.4, 0.5) is 5.69 Å². The minimum Gasteiger partial charge on any atom is -0.495 e. The van der Waals surface area contributed by atoms with E-state index in [1.807, 2.05) is 54.6 Å². The molecule has 30 heavy (non-hydrogen) atoms. The van der Waals surface area contributed by atoms with Gasteiger partial charge >= 0.3 is 0 Å².